The molecule has 0 aromatic heterocycles. The third-order valence-corrected chi connectivity index (χ3v) is 5.22. The molecule has 10 nitrogen and oxygen atoms in total. The molecule has 1 saturated heterocycles. The second-order valence-corrected chi connectivity index (χ2v) is 7.89. The van der Waals surface area contributed by atoms with Crippen LogP contribution in [0.2, 0.25) is 0 Å². The lowest BCUT2D eigenvalue weighted by atomic mass is 10.1. The van der Waals surface area contributed by atoms with E-state index in [1.54, 1.807) is 9.80 Å². The van der Waals surface area contributed by atoms with Gasteiger partial charge in [-0.25, -0.2) is 0 Å². The number of rotatable bonds is 6. The topological polar surface area (TPSA) is 130 Å². The van der Waals surface area contributed by atoms with Crippen molar-refractivity contribution in [2.45, 2.75) is 51.6 Å². The van der Waals surface area contributed by atoms with Crippen molar-refractivity contribution < 1.29 is 28.5 Å². The maximum Gasteiger partial charge on any atom is 0.239 e. The first-order chi connectivity index (χ1) is 15.5. The van der Waals surface area contributed by atoms with E-state index in [4.69, 9.17) is 30.4 Å². The quantitative estimate of drug-likeness (QED) is 0.566. The maximum atomic E-state index is 12.6. The molecule has 0 radical (unpaired) electrons. The molecule has 1 rings (SSSR count). The zero-order valence-corrected chi connectivity index (χ0v) is 20.0. The average molecular weight is 461 g/mol. The minimum atomic E-state index is -0.499. The SMILES string of the molecule is CCCC(N)C(=O)N1CCOCCOCCN(C(=O)C(N)CCC)CCOCCOCC1. The number of carbonyl (C=O) groups excluding carboxylic acids is 2. The smallest absolute Gasteiger partial charge is 0.239 e. The van der Waals surface area contributed by atoms with Crippen LogP contribution in [0.3, 0.4) is 0 Å². The first-order valence-corrected chi connectivity index (χ1v) is 11.9. The first-order valence-electron chi connectivity index (χ1n) is 11.9. The molecule has 0 aliphatic carbocycles. The first kappa shape index (κ1) is 28.7. The van der Waals surface area contributed by atoms with Crippen LogP contribution in [0.15, 0.2) is 0 Å². The Hall–Kier alpha value is -1.30. The zero-order chi connectivity index (χ0) is 23.6. The molecule has 2 atom stereocenters. The molecule has 0 spiro atoms. The van der Waals surface area contributed by atoms with Crippen LogP contribution in [0.5, 0.6) is 0 Å². The predicted molar refractivity (Wildman–Crippen MR) is 122 cm³/mol. The highest BCUT2D eigenvalue weighted by Gasteiger charge is 2.21. The van der Waals surface area contributed by atoms with Crippen LogP contribution in [0, 0.1) is 0 Å². The van der Waals surface area contributed by atoms with Crippen molar-refractivity contribution in [2.75, 3.05) is 79.0 Å². The Balaban J connectivity index is 2.55. The van der Waals surface area contributed by atoms with Crippen LogP contribution in [0.1, 0.15) is 39.5 Å². The minimum Gasteiger partial charge on any atom is -0.377 e. The Morgan fingerprint density at radius 2 is 0.906 bits per heavy atom. The van der Waals surface area contributed by atoms with Crippen molar-refractivity contribution >= 4 is 11.8 Å². The van der Waals surface area contributed by atoms with E-state index in [-0.39, 0.29) is 11.8 Å². The summed E-state index contributed by atoms with van der Waals surface area (Å²) in [5, 5.41) is 0. The Morgan fingerprint density at radius 1 is 0.625 bits per heavy atom. The Morgan fingerprint density at radius 3 is 1.16 bits per heavy atom. The lowest BCUT2D eigenvalue weighted by molar-refractivity contribution is -0.136. The van der Waals surface area contributed by atoms with Gasteiger partial charge in [-0.1, -0.05) is 26.7 Å². The molecule has 10 heteroatoms. The molecule has 0 aromatic rings. The lowest BCUT2D eigenvalue weighted by Gasteiger charge is -2.26. The molecule has 2 unspecified atom stereocenters. The summed E-state index contributed by atoms with van der Waals surface area (Å²) in [6.45, 7) is 9.04. The highest BCUT2D eigenvalue weighted by molar-refractivity contribution is 5.82. The normalized spacial score (nSPS) is 20.8. The minimum absolute atomic E-state index is 0.0769. The number of hydrogen-bond acceptors (Lipinski definition) is 8. The van der Waals surface area contributed by atoms with Gasteiger partial charge in [0.1, 0.15) is 0 Å². The van der Waals surface area contributed by atoms with Gasteiger partial charge in [-0.15, -0.1) is 0 Å². The fraction of sp³-hybridized carbons (Fsp3) is 0.909. The van der Waals surface area contributed by atoms with E-state index in [1.165, 1.54) is 0 Å². The number of ether oxygens (including phenoxy) is 4. The van der Waals surface area contributed by atoms with Crippen LogP contribution >= 0.6 is 0 Å². The van der Waals surface area contributed by atoms with Crippen molar-refractivity contribution in [1.29, 1.82) is 0 Å². The standard InChI is InChI=1S/C22H44N4O6/c1-3-5-19(23)21(27)25-7-11-29-15-17-31-13-9-26(22(28)20(24)6-4-2)10-14-32-18-16-30-12-8-25/h19-20H,3-18,23-24H2,1-2H3. The average Bonchev–Trinajstić information content (AvgIpc) is 2.78. The van der Waals surface area contributed by atoms with E-state index in [1.807, 2.05) is 13.8 Å². The summed E-state index contributed by atoms with van der Waals surface area (Å²) in [5.41, 5.74) is 12.0. The molecule has 0 saturated carbocycles. The Bertz CT molecular complexity index is 447. The highest BCUT2D eigenvalue weighted by Crippen LogP contribution is 2.03. The number of nitrogens with two attached hydrogens (primary N) is 2. The van der Waals surface area contributed by atoms with Gasteiger partial charge in [-0.05, 0) is 12.8 Å². The molecule has 0 aromatic carbocycles. The molecule has 1 aliphatic rings. The third-order valence-electron chi connectivity index (χ3n) is 5.22. The molecule has 1 aliphatic heterocycles. The van der Waals surface area contributed by atoms with E-state index >= 15 is 0 Å². The van der Waals surface area contributed by atoms with Gasteiger partial charge in [0.05, 0.1) is 64.9 Å². The van der Waals surface area contributed by atoms with Crippen LogP contribution in [-0.4, -0.2) is 113 Å². The van der Waals surface area contributed by atoms with Crippen LogP contribution in [0.25, 0.3) is 0 Å². The van der Waals surface area contributed by atoms with Gasteiger partial charge in [0, 0.05) is 26.2 Å². The van der Waals surface area contributed by atoms with Gasteiger partial charge in [0.25, 0.3) is 0 Å². The van der Waals surface area contributed by atoms with Gasteiger partial charge in [-0.3, -0.25) is 9.59 Å². The van der Waals surface area contributed by atoms with E-state index in [0.717, 1.165) is 12.8 Å². The zero-order valence-electron chi connectivity index (χ0n) is 20.0. The monoisotopic (exact) mass is 460 g/mol. The van der Waals surface area contributed by atoms with Crippen molar-refractivity contribution in [1.82, 2.24) is 9.80 Å². The fourth-order valence-electron chi connectivity index (χ4n) is 3.35. The van der Waals surface area contributed by atoms with E-state index in [9.17, 15) is 9.59 Å². The molecule has 1 heterocycles. The number of carbonyl (C=O) groups is 2. The van der Waals surface area contributed by atoms with Gasteiger partial charge >= 0.3 is 0 Å². The predicted octanol–water partition coefficient (Wildman–Crippen LogP) is -0.0216. The van der Waals surface area contributed by atoms with Crippen molar-refractivity contribution in [3.63, 3.8) is 0 Å². The summed E-state index contributed by atoms with van der Waals surface area (Å²) in [6.07, 6.45) is 3.02. The summed E-state index contributed by atoms with van der Waals surface area (Å²) in [7, 11) is 0. The molecule has 0 bridgehead atoms. The van der Waals surface area contributed by atoms with Gasteiger partial charge in [-0.2, -0.15) is 0 Å². The summed E-state index contributed by atoms with van der Waals surface area (Å²) in [5.74, 6) is -0.154. The summed E-state index contributed by atoms with van der Waals surface area (Å²) in [6, 6.07) is -0.999. The third kappa shape index (κ3) is 12.1. The van der Waals surface area contributed by atoms with Gasteiger partial charge in [0.2, 0.25) is 11.8 Å². The van der Waals surface area contributed by atoms with Crippen LogP contribution in [0.4, 0.5) is 0 Å². The summed E-state index contributed by atoms with van der Waals surface area (Å²) >= 11 is 0. The summed E-state index contributed by atoms with van der Waals surface area (Å²) in [4.78, 5) is 28.6. The van der Waals surface area contributed by atoms with Gasteiger partial charge in [0.15, 0.2) is 0 Å². The largest absolute Gasteiger partial charge is 0.377 e. The summed E-state index contributed by atoms with van der Waals surface area (Å²) < 4.78 is 22.5. The van der Waals surface area contributed by atoms with E-state index < -0.39 is 12.1 Å². The van der Waals surface area contributed by atoms with Crippen molar-refractivity contribution in [2.24, 2.45) is 11.5 Å². The number of amides is 2. The van der Waals surface area contributed by atoms with E-state index in [0.29, 0.717) is 91.9 Å². The van der Waals surface area contributed by atoms with Gasteiger partial charge < -0.3 is 40.2 Å². The van der Waals surface area contributed by atoms with Crippen LogP contribution in [-0.2, 0) is 28.5 Å². The van der Waals surface area contributed by atoms with Crippen molar-refractivity contribution in [3.8, 4) is 0 Å². The molecule has 188 valence electrons. The molecular formula is C22H44N4O6. The number of nitrogens with zero attached hydrogens (tertiary/aromatic N) is 2. The fourth-order valence-corrected chi connectivity index (χ4v) is 3.35. The van der Waals surface area contributed by atoms with E-state index in [2.05, 4.69) is 0 Å². The second-order valence-electron chi connectivity index (χ2n) is 7.89. The lowest BCUT2D eigenvalue weighted by Crippen LogP contribution is -2.46. The van der Waals surface area contributed by atoms with Crippen LogP contribution < -0.4 is 11.5 Å². The molecule has 1 fully saturated rings. The molecule has 2 amide bonds. The maximum absolute atomic E-state index is 12.6. The van der Waals surface area contributed by atoms with Crippen molar-refractivity contribution in [3.05, 3.63) is 0 Å². The Labute approximate surface area is 192 Å². The highest BCUT2D eigenvalue weighted by atomic mass is 16.5. The molecule has 32 heavy (non-hydrogen) atoms. The Kier molecular flexibility index (Phi) is 16.3. The number of hydrogen-bond donors (Lipinski definition) is 2. The molecular weight excluding hydrogens is 416 g/mol. The second kappa shape index (κ2) is 18.2. The molecule has 4 N–H and O–H groups in total.